The molecule has 2 aromatic heterocycles. The maximum absolute atomic E-state index is 13.2. The Morgan fingerprint density at radius 2 is 1.71 bits per heavy atom. The van der Waals surface area contributed by atoms with Gasteiger partial charge in [-0.1, -0.05) is 18.2 Å². The van der Waals surface area contributed by atoms with Crippen molar-refractivity contribution in [3.8, 4) is 17.2 Å². The summed E-state index contributed by atoms with van der Waals surface area (Å²) in [5.41, 5.74) is 8.34. The third-order valence-electron chi connectivity index (χ3n) is 5.93. The second-order valence-electron chi connectivity index (χ2n) is 7.85. The molecular formula is C24H25N7O3. The average Bonchev–Trinajstić information content (AvgIpc) is 3.38. The quantitative estimate of drug-likeness (QED) is 0.484. The van der Waals surface area contributed by atoms with Gasteiger partial charge in [0.2, 0.25) is 5.95 Å². The van der Waals surface area contributed by atoms with Crippen molar-refractivity contribution in [1.82, 2.24) is 24.6 Å². The summed E-state index contributed by atoms with van der Waals surface area (Å²) in [6.07, 6.45) is 1.64. The van der Waals surface area contributed by atoms with Gasteiger partial charge in [-0.15, -0.1) is 0 Å². The highest BCUT2D eigenvalue weighted by molar-refractivity contribution is 5.96. The molecule has 1 aliphatic rings. The van der Waals surface area contributed by atoms with Crippen molar-refractivity contribution in [1.29, 1.82) is 0 Å². The van der Waals surface area contributed by atoms with Crippen LogP contribution in [-0.4, -0.2) is 71.0 Å². The summed E-state index contributed by atoms with van der Waals surface area (Å²) in [5.74, 6) is 1.87. The molecule has 10 heteroatoms. The minimum Gasteiger partial charge on any atom is -0.493 e. The summed E-state index contributed by atoms with van der Waals surface area (Å²) in [7, 11) is 3.13. The molecule has 2 N–H and O–H groups in total. The highest BCUT2D eigenvalue weighted by atomic mass is 16.5. The number of para-hydroxylation sites is 1. The van der Waals surface area contributed by atoms with Crippen molar-refractivity contribution in [3.63, 3.8) is 0 Å². The first-order chi connectivity index (χ1) is 16.6. The SMILES string of the molecule is COc1ccc2nc(N3CCN(C(=O)c4ccnn4-c4ccccc4)CC3)nc(N)c2c1OC. The third kappa shape index (κ3) is 3.72. The number of ether oxygens (including phenoxy) is 2. The van der Waals surface area contributed by atoms with Gasteiger partial charge < -0.3 is 25.0 Å². The van der Waals surface area contributed by atoms with Gasteiger partial charge in [-0.05, 0) is 30.3 Å². The van der Waals surface area contributed by atoms with Gasteiger partial charge in [0, 0.05) is 26.2 Å². The summed E-state index contributed by atoms with van der Waals surface area (Å²) in [4.78, 5) is 26.3. The zero-order valence-electron chi connectivity index (χ0n) is 19.0. The molecule has 1 aliphatic heterocycles. The van der Waals surface area contributed by atoms with E-state index in [4.69, 9.17) is 20.2 Å². The van der Waals surface area contributed by atoms with Crippen LogP contribution in [0.3, 0.4) is 0 Å². The Hall–Kier alpha value is -4.34. The number of hydrogen-bond acceptors (Lipinski definition) is 8. The first-order valence-corrected chi connectivity index (χ1v) is 10.9. The monoisotopic (exact) mass is 459 g/mol. The smallest absolute Gasteiger partial charge is 0.272 e. The molecule has 4 aromatic rings. The number of methoxy groups -OCH3 is 2. The van der Waals surface area contributed by atoms with Gasteiger partial charge in [0.05, 0.1) is 37.0 Å². The third-order valence-corrected chi connectivity index (χ3v) is 5.93. The van der Waals surface area contributed by atoms with Crippen LogP contribution in [0.2, 0.25) is 0 Å². The van der Waals surface area contributed by atoms with Crippen LogP contribution in [0.25, 0.3) is 16.6 Å². The molecule has 0 saturated carbocycles. The number of carbonyl (C=O) groups is 1. The van der Waals surface area contributed by atoms with Crippen LogP contribution in [0.1, 0.15) is 10.5 Å². The Morgan fingerprint density at radius 3 is 2.41 bits per heavy atom. The van der Waals surface area contributed by atoms with Crippen LogP contribution < -0.4 is 20.1 Å². The molecule has 2 aromatic carbocycles. The van der Waals surface area contributed by atoms with E-state index in [0.717, 1.165) is 5.69 Å². The topological polar surface area (TPSA) is 112 Å². The lowest BCUT2D eigenvalue weighted by atomic mass is 10.2. The van der Waals surface area contributed by atoms with E-state index in [-0.39, 0.29) is 5.91 Å². The van der Waals surface area contributed by atoms with E-state index in [0.29, 0.717) is 66.0 Å². The fourth-order valence-corrected chi connectivity index (χ4v) is 4.21. The molecule has 174 valence electrons. The van der Waals surface area contributed by atoms with Gasteiger partial charge in [-0.2, -0.15) is 10.1 Å². The Morgan fingerprint density at radius 1 is 0.941 bits per heavy atom. The summed E-state index contributed by atoms with van der Waals surface area (Å²) in [6.45, 7) is 2.24. The predicted octanol–water partition coefficient (Wildman–Crippen LogP) is 2.38. The fourth-order valence-electron chi connectivity index (χ4n) is 4.21. The Balaban J connectivity index is 1.34. The predicted molar refractivity (Wildman–Crippen MR) is 129 cm³/mol. The van der Waals surface area contributed by atoms with E-state index in [1.807, 2.05) is 46.2 Å². The molecular weight excluding hydrogens is 434 g/mol. The van der Waals surface area contributed by atoms with E-state index >= 15 is 0 Å². The number of nitrogens with two attached hydrogens (primary N) is 1. The molecule has 5 rings (SSSR count). The number of piperazine rings is 1. The molecule has 1 amide bonds. The minimum absolute atomic E-state index is 0.0585. The number of nitrogen functional groups attached to an aromatic ring is 1. The van der Waals surface area contributed by atoms with Crippen LogP contribution in [0.4, 0.5) is 11.8 Å². The Bertz CT molecular complexity index is 1330. The van der Waals surface area contributed by atoms with Gasteiger partial charge in [0.25, 0.3) is 5.91 Å². The van der Waals surface area contributed by atoms with Crippen LogP contribution in [0.5, 0.6) is 11.5 Å². The highest BCUT2D eigenvalue weighted by Crippen LogP contribution is 2.38. The molecule has 34 heavy (non-hydrogen) atoms. The molecule has 1 fully saturated rings. The number of fused-ring (bicyclic) bond motifs is 1. The van der Waals surface area contributed by atoms with Crippen molar-refractivity contribution in [2.75, 3.05) is 51.0 Å². The van der Waals surface area contributed by atoms with E-state index in [1.165, 1.54) is 0 Å². The maximum atomic E-state index is 13.2. The van der Waals surface area contributed by atoms with Crippen molar-refractivity contribution >= 4 is 28.6 Å². The zero-order valence-corrected chi connectivity index (χ0v) is 19.0. The van der Waals surface area contributed by atoms with Gasteiger partial charge in [0.15, 0.2) is 11.5 Å². The fraction of sp³-hybridized carbons (Fsp3) is 0.250. The Labute approximate surface area is 196 Å². The molecule has 10 nitrogen and oxygen atoms in total. The summed E-state index contributed by atoms with van der Waals surface area (Å²) >= 11 is 0. The molecule has 3 heterocycles. The van der Waals surface area contributed by atoms with Crippen molar-refractivity contribution < 1.29 is 14.3 Å². The number of nitrogens with zero attached hydrogens (tertiary/aromatic N) is 6. The summed E-state index contributed by atoms with van der Waals surface area (Å²) in [5, 5.41) is 4.95. The second-order valence-corrected chi connectivity index (χ2v) is 7.85. The van der Waals surface area contributed by atoms with Gasteiger partial charge in [-0.3, -0.25) is 4.79 Å². The molecule has 0 bridgehead atoms. The van der Waals surface area contributed by atoms with E-state index < -0.39 is 0 Å². The number of carbonyl (C=O) groups excluding carboxylic acids is 1. The summed E-state index contributed by atoms with van der Waals surface area (Å²) in [6, 6.07) is 15.0. The van der Waals surface area contributed by atoms with Gasteiger partial charge in [-0.25, -0.2) is 9.67 Å². The lowest BCUT2D eigenvalue weighted by Crippen LogP contribution is -2.49. The normalized spacial score (nSPS) is 13.8. The number of amides is 1. The van der Waals surface area contributed by atoms with E-state index in [9.17, 15) is 4.79 Å². The van der Waals surface area contributed by atoms with Crippen LogP contribution in [0, 0.1) is 0 Å². The Kier molecular flexibility index (Phi) is 5.62. The number of anilines is 2. The van der Waals surface area contributed by atoms with Crippen molar-refractivity contribution in [3.05, 3.63) is 60.4 Å². The molecule has 0 spiro atoms. The second kappa shape index (κ2) is 8.89. The molecule has 1 saturated heterocycles. The molecule has 0 unspecified atom stereocenters. The highest BCUT2D eigenvalue weighted by Gasteiger charge is 2.27. The van der Waals surface area contributed by atoms with E-state index in [2.05, 4.69) is 10.1 Å². The van der Waals surface area contributed by atoms with Gasteiger partial charge in [0.1, 0.15) is 11.5 Å². The number of benzene rings is 2. The summed E-state index contributed by atoms with van der Waals surface area (Å²) < 4.78 is 12.5. The average molecular weight is 460 g/mol. The zero-order chi connectivity index (χ0) is 23.7. The van der Waals surface area contributed by atoms with Gasteiger partial charge >= 0.3 is 0 Å². The molecule has 0 aliphatic carbocycles. The van der Waals surface area contributed by atoms with Crippen LogP contribution in [-0.2, 0) is 0 Å². The number of hydrogen-bond donors (Lipinski definition) is 1. The molecule has 0 atom stereocenters. The lowest BCUT2D eigenvalue weighted by molar-refractivity contribution is 0.0737. The number of rotatable bonds is 5. The van der Waals surface area contributed by atoms with Crippen LogP contribution >= 0.6 is 0 Å². The van der Waals surface area contributed by atoms with Crippen LogP contribution in [0.15, 0.2) is 54.7 Å². The first-order valence-electron chi connectivity index (χ1n) is 10.9. The van der Waals surface area contributed by atoms with Crippen molar-refractivity contribution in [2.24, 2.45) is 0 Å². The standard InChI is InChI=1S/C24H25N7O3/c1-33-19-9-8-17-20(21(19)34-2)22(25)28-24(27-17)30-14-12-29(13-15-30)23(32)18-10-11-26-31(18)16-6-4-3-5-7-16/h3-11H,12-15H2,1-2H3,(H2,25,27,28). The lowest BCUT2D eigenvalue weighted by Gasteiger charge is -2.35. The largest absolute Gasteiger partial charge is 0.493 e. The number of aromatic nitrogens is 4. The van der Waals surface area contributed by atoms with E-state index in [1.54, 1.807) is 37.2 Å². The van der Waals surface area contributed by atoms with Crippen molar-refractivity contribution in [2.45, 2.75) is 0 Å². The molecule has 0 radical (unpaired) electrons. The first kappa shape index (κ1) is 21.5. The minimum atomic E-state index is -0.0585. The maximum Gasteiger partial charge on any atom is 0.272 e.